The molecular weight excluding hydrogens is 216 g/mol. The van der Waals surface area contributed by atoms with E-state index in [1.807, 2.05) is 24.3 Å². The summed E-state index contributed by atoms with van der Waals surface area (Å²) >= 11 is 5.74. The first kappa shape index (κ1) is 14.6. The van der Waals surface area contributed by atoms with Gasteiger partial charge in [0, 0.05) is 5.02 Å². The SMILES string of the molecule is Cl.Cl.NCCc1cccc(Cl)c1. The maximum atomic E-state index is 5.74. The number of hydrogen-bond acceptors (Lipinski definition) is 1. The molecule has 70 valence electrons. The van der Waals surface area contributed by atoms with Crippen LogP contribution in [0.3, 0.4) is 0 Å². The number of nitrogens with two attached hydrogens (primary N) is 1. The van der Waals surface area contributed by atoms with Crippen molar-refractivity contribution < 1.29 is 0 Å². The third-order valence-electron chi connectivity index (χ3n) is 1.32. The molecule has 1 rings (SSSR count). The van der Waals surface area contributed by atoms with Gasteiger partial charge >= 0.3 is 0 Å². The molecule has 0 aliphatic rings. The van der Waals surface area contributed by atoms with Crippen LogP contribution in [0.25, 0.3) is 0 Å². The van der Waals surface area contributed by atoms with Crippen LogP contribution in [0.1, 0.15) is 5.56 Å². The molecule has 0 aliphatic heterocycles. The van der Waals surface area contributed by atoms with Crippen LogP contribution in [0.2, 0.25) is 5.02 Å². The van der Waals surface area contributed by atoms with Crippen molar-refractivity contribution in [1.82, 2.24) is 0 Å². The highest BCUT2D eigenvalue weighted by atomic mass is 35.5. The Morgan fingerprint density at radius 1 is 1.25 bits per heavy atom. The van der Waals surface area contributed by atoms with Crippen molar-refractivity contribution in [3.05, 3.63) is 34.9 Å². The van der Waals surface area contributed by atoms with E-state index in [4.69, 9.17) is 17.3 Å². The summed E-state index contributed by atoms with van der Waals surface area (Å²) in [5, 5.41) is 0.783. The molecule has 0 aliphatic carbocycles. The predicted octanol–water partition coefficient (Wildman–Crippen LogP) is 2.68. The van der Waals surface area contributed by atoms with Gasteiger partial charge in [0.05, 0.1) is 0 Å². The molecule has 0 fully saturated rings. The van der Waals surface area contributed by atoms with Gasteiger partial charge in [-0.1, -0.05) is 23.7 Å². The molecule has 4 heteroatoms. The van der Waals surface area contributed by atoms with Crippen molar-refractivity contribution in [2.75, 3.05) is 6.54 Å². The maximum Gasteiger partial charge on any atom is 0.0408 e. The molecule has 0 amide bonds. The lowest BCUT2D eigenvalue weighted by atomic mass is 10.2. The standard InChI is InChI=1S/C8H10ClN.2ClH/c9-8-3-1-2-7(6-8)4-5-10;;/h1-3,6H,4-5,10H2;2*1H. The average Bonchev–Trinajstić information content (AvgIpc) is 1.88. The fourth-order valence-electron chi connectivity index (χ4n) is 0.859. The first-order chi connectivity index (χ1) is 4.83. The largest absolute Gasteiger partial charge is 0.330 e. The number of hydrogen-bond donors (Lipinski definition) is 1. The van der Waals surface area contributed by atoms with E-state index >= 15 is 0 Å². The highest BCUT2D eigenvalue weighted by molar-refractivity contribution is 6.30. The summed E-state index contributed by atoms with van der Waals surface area (Å²) in [6.45, 7) is 0.681. The van der Waals surface area contributed by atoms with Crippen LogP contribution in [0.5, 0.6) is 0 Å². The van der Waals surface area contributed by atoms with E-state index in [9.17, 15) is 0 Å². The zero-order valence-corrected chi connectivity index (χ0v) is 8.88. The zero-order valence-electron chi connectivity index (χ0n) is 6.50. The van der Waals surface area contributed by atoms with Crippen molar-refractivity contribution in [3.8, 4) is 0 Å². The topological polar surface area (TPSA) is 26.0 Å². The summed E-state index contributed by atoms with van der Waals surface area (Å²) in [5.74, 6) is 0. The van der Waals surface area contributed by atoms with Crippen LogP contribution in [0.15, 0.2) is 24.3 Å². The lowest BCUT2D eigenvalue weighted by Gasteiger charge is -1.96. The Labute approximate surface area is 90.1 Å². The second-order valence-electron chi connectivity index (χ2n) is 2.17. The molecule has 0 spiro atoms. The third kappa shape index (κ3) is 4.83. The lowest BCUT2D eigenvalue weighted by molar-refractivity contribution is 0.969. The van der Waals surface area contributed by atoms with E-state index < -0.39 is 0 Å². The van der Waals surface area contributed by atoms with E-state index in [-0.39, 0.29) is 24.8 Å². The molecule has 1 aromatic carbocycles. The summed E-state index contributed by atoms with van der Waals surface area (Å²) in [6.07, 6.45) is 0.903. The number of benzene rings is 1. The Balaban J connectivity index is 0. The Hall–Kier alpha value is 0.0500. The third-order valence-corrected chi connectivity index (χ3v) is 1.56. The predicted molar refractivity (Wildman–Crippen MR) is 58.7 cm³/mol. The molecule has 0 radical (unpaired) electrons. The quantitative estimate of drug-likeness (QED) is 0.828. The molecule has 1 nitrogen and oxygen atoms in total. The van der Waals surface area contributed by atoms with Gasteiger partial charge in [-0.15, -0.1) is 24.8 Å². The summed E-state index contributed by atoms with van der Waals surface area (Å²) in [6, 6.07) is 7.77. The van der Waals surface area contributed by atoms with Crippen molar-refractivity contribution >= 4 is 36.4 Å². The Bertz CT molecular complexity index is 215. The van der Waals surface area contributed by atoms with Crippen LogP contribution < -0.4 is 5.73 Å². The minimum absolute atomic E-state index is 0. The van der Waals surface area contributed by atoms with Crippen LogP contribution in [-0.2, 0) is 6.42 Å². The molecule has 0 saturated heterocycles. The van der Waals surface area contributed by atoms with Gasteiger partial charge in [-0.2, -0.15) is 0 Å². The summed E-state index contributed by atoms with van der Waals surface area (Å²) in [4.78, 5) is 0. The van der Waals surface area contributed by atoms with Crippen molar-refractivity contribution in [2.24, 2.45) is 5.73 Å². The van der Waals surface area contributed by atoms with Crippen LogP contribution in [0, 0.1) is 0 Å². The van der Waals surface area contributed by atoms with Crippen LogP contribution in [-0.4, -0.2) is 6.54 Å². The van der Waals surface area contributed by atoms with Gasteiger partial charge < -0.3 is 5.73 Å². The van der Waals surface area contributed by atoms with Gasteiger partial charge in [0.2, 0.25) is 0 Å². The van der Waals surface area contributed by atoms with E-state index in [1.54, 1.807) is 0 Å². The van der Waals surface area contributed by atoms with Gasteiger partial charge in [-0.05, 0) is 30.7 Å². The molecule has 0 atom stereocenters. The van der Waals surface area contributed by atoms with E-state index in [0.29, 0.717) is 6.54 Å². The first-order valence-corrected chi connectivity index (χ1v) is 3.65. The summed E-state index contributed by atoms with van der Waals surface area (Å²) in [7, 11) is 0. The van der Waals surface area contributed by atoms with E-state index in [1.165, 1.54) is 5.56 Å². The van der Waals surface area contributed by atoms with Crippen molar-refractivity contribution in [3.63, 3.8) is 0 Å². The van der Waals surface area contributed by atoms with Gasteiger partial charge in [0.15, 0.2) is 0 Å². The second-order valence-corrected chi connectivity index (χ2v) is 2.61. The minimum Gasteiger partial charge on any atom is -0.330 e. The Morgan fingerprint density at radius 2 is 1.92 bits per heavy atom. The van der Waals surface area contributed by atoms with Gasteiger partial charge in [0.25, 0.3) is 0 Å². The summed E-state index contributed by atoms with van der Waals surface area (Å²) in [5.41, 5.74) is 6.57. The van der Waals surface area contributed by atoms with Crippen molar-refractivity contribution in [2.45, 2.75) is 6.42 Å². The number of halogens is 3. The van der Waals surface area contributed by atoms with Gasteiger partial charge in [-0.25, -0.2) is 0 Å². The molecule has 0 aromatic heterocycles. The molecular formula is C8H12Cl3N. The van der Waals surface area contributed by atoms with Crippen LogP contribution >= 0.6 is 36.4 Å². The molecule has 2 N–H and O–H groups in total. The maximum absolute atomic E-state index is 5.74. The zero-order chi connectivity index (χ0) is 7.40. The minimum atomic E-state index is 0. The second kappa shape index (κ2) is 7.69. The average molecular weight is 229 g/mol. The van der Waals surface area contributed by atoms with E-state index in [2.05, 4.69) is 0 Å². The normalized spacial score (nSPS) is 8.17. The van der Waals surface area contributed by atoms with Crippen molar-refractivity contribution in [1.29, 1.82) is 0 Å². The summed E-state index contributed by atoms with van der Waals surface area (Å²) < 4.78 is 0. The van der Waals surface area contributed by atoms with Gasteiger partial charge in [0.1, 0.15) is 0 Å². The molecule has 0 heterocycles. The number of rotatable bonds is 2. The molecule has 12 heavy (non-hydrogen) atoms. The fraction of sp³-hybridized carbons (Fsp3) is 0.250. The van der Waals surface area contributed by atoms with Crippen LogP contribution in [0.4, 0.5) is 0 Å². The smallest absolute Gasteiger partial charge is 0.0408 e. The first-order valence-electron chi connectivity index (χ1n) is 3.27. The van der Waals surface area contributed by atoms with Gasteiger partial charge in [-0.3, -0.25) is 0 Å². The lowest BCUT2D eigenvalue weighted by Crippen LogP contribution is -2.02. The molecule has 1 aromatic rings. The van der Waals surface area contributed by atoms with E-state index in [0.717, 1.165) is 11.4 Å². The highest BCUT2D eigenvalue weighted by Gasteiger charge is 1.90. The Morgan fingerprint density at radius 3 is 2.42 bits per heavy atom. The molecule has 0 saturated carbocycles. The molecule has 0 bridgehead atoms. The highest BCUT2D eigenvalue weighted by Crippen LogP contribution is 2.10. The fourth-order valence-corrected chi connectivity index (χ4v) is 1.07. The monoisotopic (exact) mass is 227 g/mol. The Kier molecular flexibility index (Phi) is 9.33. The molecule has 0 unspecified atom stereocenters.